The summed E-state index contributed by atoms with van der Waals surface area (Å²) in [5, 5.41) is 2.66. The Kier molecular flexibility index (Phi) is 6.33. The Labute approximate surface area is 171 Å². The maximum absolute atomic E-state index is 13.0. The largest absolute Gasteiger partial charge is 0.467 e. The zero-order valence-corrected chi connectivity index (χ0v) is 16.0. The van der Waals surface area contributed by atoms with Gasteiger partial charge in [0.05, 0.1) is 5.56 Å². The van der Waals surface area contributed by atoms with Crippen molar-refractivity contribution >= 4 is 34.0 Å². The molecule has 1 amide bonds. The summed E-state index contributed by atoms with van der Waals surface area (Å²) < 4.78 is 54.0. The number of anilines is 1. The van der Waals surface area contributed by atoms with Crippen molar-refractivity contribution in [1.82, 2.24) is 9.97 Å². The van der Waals surface area contributed by atoms with Crippen LogP contribution in [0.2, 0.25) is 5.02 Å². The van der Waals surface area contributed by atoms with Gasteiger partial charge in [0.1, 0.15) is 10.8 Å². The molecule has 2 aromatic heterocycles. The molecule has 0 spiro atoms. The van der Waals surface area contributed by atoms with Crippen LogP contribution in [0.5, 0.6) is 5.88 Å². The van der Waals surface area contributed by atoms with E-state index in [-0.39, 0.29) is 16.4 Å². The van der Waals surface area contributed by atoms with E-state index in [0.29, 0.717) is 11.6 Å². The van der Waals surface area contributed by atoms with Crippen LogP contribution in [-0.2, 0) is 6.42 Å². The summed E-state index contributed by atoms with van der Waals surface area (Å²) >= 11 is 7.07. The Balaban J connectivity index is 1.62. The molecule has 0 aliphatic rings. The lowest BCUT2D eigenvalue weighted by Gasteiger charge is -2.10. The zero-order valence-electron chi connectivity index (χ0n) is 14.5. The van der Waals surface area contributed by atoms with Crippen molar-refractivity contribution in [1.29, 1.82) is 0 Å². The average Bonchev–Trinajstić information content (AvgIpc) is 3.08. The van der Waals surface area contributed by atoms with Gasteiger partial charge in [-0.2, -0.15) is 13.2 Å². The summed E-state index contributed by atoms with van der Waals surface area (Å²) in [4.78, 5) is 20.9. The van der Waals surface area contributed by atoms with E-state index in [1.807, 2.05) is 0 Å². The minimum atomic E-state index is -4.53. The summed E-state index contributed by atoms with van der Waals surface area (Å²) in [5.41, 5.74) is 0.919. The fraction of sp³-hybridized carbons (Fsp3) is 0.167. The fourth-order valence-corrected chi connectivity index (χ4v) is 3.29. The van der Waals surface area contributed by atoms with Crippen LogP contribution in [0.4, 0.5) is 22.7 Å². The van der Waals surface area contributed by atoms with Crippen molar-refractivity contribution in [3.8, 4) is 5.88 Å². The number of carbonyl (C=O) groups excluding carboxylic acids is 1. The van der Waals surface area contributed by atoms with E-state index in [2.05, 4.69) is 20.0 Å². The highest BCUT2D eigenvalue weighted by Crippen LogP contribution is 2.26. The molecular formula is C18H12ClF4N3O2S. The Bertz CT molecular complexity index is 1010. The molecule has 0 bridgehead atoms. The van der Waals surface area contributed by atoms with Crippen molar-refractivity contribution in [3.63, 3.8) is 0 Å². The second-order valence-corrected chi connectivity index (χ2v) is 7.33. The van der Waals surface area contributed by atoms with E-state index in [0.717, 1.165) is 22.7 Å². The zero-order chi connectivity index (χ0) is 21.0. The molecule has 11 heteroatoms. The number of pyridine rings is 1. The quantitative estimate of drug-likeness (QED) is 0.535. The molecule has 0 unspecified atom stereocenters. The van der Waals surface area contributed by atoms with Crippen LogP contribution in [0.15, 0.2) is 42.7 Å². The molecule has 0 atom stereocenters. The van der Waals surface area contributed by atoms with Crippen LogP contribution in [0, 0.1) is 5.82 Å². The van der Waals surface area contributed by atoms with Gasteiger partial charge in [0.15, 0.2) is 11.7 Å². The molecule has 3 aromatic rings. The average molecular weight is 446 g/mol. The lowest BCUT2D eigenvalue weighted by atomic mass is 10.1. The monoisotopic (exact) mass is 445 g/mol. The summed E-state index contributed by atoms with van der Waals surface area (Å²) in [6.07, 6.45) is -1.37. The van der Waals surface area contributed by atoms with Crippen LogP contribution in [0.25, 0.3) is 0 Å². The predicted octanol–water partition coefficient (Wildman–Crippen LogP) is 5.11. The van der Waals surface area contributed by atoms with E-state index >= 15 is 0 Å². The molecular weight excluding hydrogens is 434 g/mol. The SMILES string of the molecule is O=C(Nc1ncc(Cc2ccc(F)cc2)s1)c1cnc(OCC(F)(F)F)c(Cl)c1. The molecule has 152 valence electrons. The van der Waals surface area contributed by atoms with Gasteiger partial charge in [-0.15, -0.1) is 11.3 Å². The van der Waals surface area contributed by atoms with Gasteiger partial charge in [-0.05, 0) is 23.8 Å². The van der Waals surface area contributed by atoms with E-state index in [9.17, 15) is 22.4 Å². The molecule has 0 aliphatic carbocycles. The van der Waals surface area contributed by atoms with Gasteiger partial charge in [-0.3, -0.25) is 10.1 Å². The Morgan fingerprint density at radius 3 is 2.55 bits per heavy atom. The van der Waals surface area contributed by atoms with E-state index in [1.165, 1.54) is 23.5 Å². The van der Waals surface area contributed by atoms with E-state index < -0.39 is 24.6 Å². The van der Waals surface area contributed by atoms with Gasteiger partial charge in [-0.25, -0.2) is 14.4 Å². The topological polar surface area (TPSA) is 64.1 Å². The number of amides is 1. The van der Waals surface area contributed by atoms with Crippen molar-refractivity contribution < 1.29 is 27.1 Å². The summed E-state index contributed by atoms with van der Waals surface area (Å²) in [6.45, 7) is -1.54. The molecule has 29 heavy (non-hydrogen) atoms. The second kappa shape index (κ2) is 8.75. The number of alkyl halides is 3. The summed E-state index contributed by atoms with van der Waals surface area (Å²) in [6, 6.07) is 7.19. The minimum Gasteiger partial charge on any atom is -0.467 e. The lowest BCUT2D eigenvalue weighted by molar-refractivity contribution is -0.154. The number of halogens is 5. The van der Waals surface area contributed by atoms with Crippen LogP contribution in [-0.4, -0.2) is 28.7 Å². The number of ether oxygens (including phenoxy) is 1. The summed E-state index contributed by atoms with van der Waals surface area (Å²) in [7, 11) is 0. The minimum absolute atomic E-state index is 0.0321. The maximum Gasteiger partial charge on any atom is 0.422 e. The van der Waals surface area contributed by atoms with E-state index in [4.69, 9.17) is 11.6 Å². The lowest BCUT2D eigenvalue weighted by Crippen LogP contribution is -2.20. The number of thiazole rings is 1. The molecule has 0 saturated carbocycles. The number of rotatable bonds is 6. The highest BCUT2D eigenvalue weighted by molar-refractivity contribution is 7.15. The number of aromatic nitrogens is 2. The van der Waals surface area contributed by atoms with Gasteiger partial charge in [0, 0.05) is 23.7 Å². The number of hydrogen-bond acceptors (Lipinski definition) is 5. The smallest absolute Gasteiger partial charge is 0.422 e. The van der Waals surface area contributed by atoms with Crippen molar-refractivity contribution in [3.05, 3.63) is 69.6 Å². The van der Waals surface area contributed by atoms with Crippen LogP contribution in [0.1, 0.15) is 20.8 Å². The Hall–Kier alpha value is -2.72. The van der Waals surface area contributed by atoms with Crippen LogP contribution in [0.3, 0.4) is 0 Å². The second-order valence-electron chi connectivity index (χ2n) is 5.80. The molecule has 0 saturated heterocycles. The number of nitrogens with zero attached hydrogens (tertiary/aromatic N) is 2. The molecule has 5 nitrogen and oxygen atoms in total. The fourth-order valence-electron chi connectivity index (χ4n) is 2.23. The highest BCUT2D eigenvalue weighted by Gasteiger charge is 2.29. The number of carbonyl (C=O) groups is 1. The highest BCUT2D eigenvalue weighted by atomic mass is 35.5. The number of hydrogen-bond donors (Lipinski definition) is 1. The molecule has 1 aromatic carbocycles. The normalized spacial score (nSPS) is 11.3. The van der Waals surface area contributed by atoms with Crippen molar-refractivity contribution in [2.75, 3.05) is 11.9 Å². The van der Waals surface area contributed by atoms with Gasteiger partial charge >= 0.3 is 6.18 Å². The first-order chi connectivity index (χ1) is 13.7. The molecule has 3 rings (SSSR count). The van der Waals surface area contributed by atoms with Gasteiger partial charge in [0.2, 0.25) is 5.88 Å². The third kappa shape index (κ3) is 6.13. The Morgan fingerprint density at radius 2 is 1.90 bits per heavy atom. The van der Waals surface area contributed by atoms with Gasteiger partial charge in [-0.1, -0.05) is 23.7 Å². The number of benzene rings is 1. The first-order valence-corrected chi connectivity index (χ1v) is 9.24. The summed E-state index contributed by atoms with van der Waals surface area (Å²) in [5.74, 6) is -1.33. The van der Waals surface area contributed by atoms with Gasteiger partial charge < -0.3 is 4.74 Å². The predicted molar refractivity (Wildman–Crippen MR) is 100 cm³/mol. The Morgan fingerprint density at radius 1 is 1.17 bits per heavy atom. The van der Waals surface area contributed by atoms with Crippen molar-refractivity contribution in [2.45, 2.75) is 12.6 Å². The standard InChI is InChI=1S/C18H12ClF4N3O2S/c19-14-6-11(7-24-16(14)28-9-18(21,22)23)15(27)26-17-25-8-13(29-17)5-10-1-3-12(20)4-2-10/h1-4,6-8H,5,9H2,(H,25,26,27). The van der Waals surface area contributed by atoms with Gasteiger partial charge in [0.25, 0.3) is 5.91 Å². The molecule has 2 heterocycles. The maximum atomic E-state index is 13.0. The number of nitrogens with one attached hydrogen (secondary N) is 1. The molecule has 0 aliphatic heterocycles. The van der Waals surface area contributed by atoms with Crippen molar-refractivity contribution in [2.24, 2.45) is 0 Å². The van der Waals surface area contributed by atoms with E-state index in [1.54, 1.807) is 18.3 Å². The molecule has 1 N–H and O–H groups in total. The first-order valence-electron chi connectivity index (χ1n) is 8.05. The van der Waals surface area contributed by atoms with Crippen LogP contribution >= 0.6 is 22.9 Å². The third-order valence-electron chi connectivity index (χ3n) is 3.51. The molecule has 0 radical (unpaired) electrons. The third-order valence-corrected chi connectivity index (χ3v) is 4.69. The molecule has 0 fully saturated rings. The van der Waals surface area contributed by atoms with Crippen LogP contribution < -0.4 is 10.1 Å². The first kappa shape index (κ1) is 21.0.